The van der Waals surface area contributed by atoms with E-state index in [4.69, 9.17) is 4.74 Å². The van der Waals surface area contributed by atoms with Gasteiger partial charge in [0.25, 0.3) is 0 Å². The molecule has 18 heavy (non-hydrogen) atoms. The van der Waals surface area contributed by atoms with Crippen LogP contribution in [0.25, 0.3) is 0 Å². The summed E-state index contributed by atoms with van der Waals surface area (Å²) in [6.07, 6.45) is 1.11. The zero-order valence-corrected chi connectivity index (χ0v) is 12.4. The first kappa shape index (κ1) is 15.0. The van der Waals surface area contributed by atoms with Crippen LogP contribution in [0, 0.1) is 5.92 Å². The fourth-order valence-electron chi connectivity index (χ4n) is 1.84. The second-order valence-corrected chi connectivity index (χ2v) is 6.02. The monoisotopic (exact) mass is 249 g/mol. The summed E-state index contributed by atoms with van der Waals surface area (Å²) in [6, 6.07) is 8.45. The van der Waals surface area contributed by atoms with E-state index >= 15 is 0 Å². The van der Waals surface area contributed by atoms with Crippen LogP contribution in [0.1, 0.15) is 40.2 Å². The Labute approximate surface area is 112 Å². The number of nitrogens with one attached hydrogen (secondary N) is 1. The normalized spacial score (nSPS) is 13.4. The van der Waals surface area contributed by atoms with Crippen molar-refractivity contribution in [2.24, 2.45) is 5.92 Å². The summed E-state index contributed by atoms with van der Waals surface area (Å²) < 4.78 is 5.45. The van der Waals surface area contributed by atoms with Gasteiger partial charge >= 0.3 is 0 Å². The highest BCUT2D eigenvalue weighted by atomic mass is 16.5. The highest BCUT2D eigenvalue weighted by Gasteiger charge is 2.11. The van der Waals surface area contributed by atoms with Gasteiger partial charge in [-0.05, 0) is 64.3 Å². The number of rotatable bonds is 6. The highest BCUT2D eigenvalue weighted by molar-refractivity contribution is 5.27. The number of ether oxygens (including phenoxy) is 1. The summed E-state index contributed by atoms with van der Waals surface area (Å²) in [4.78, 5) is 0. The van der Waals surface area contributed by atoms with Gasteiger partial charge in [0.15, 0.2) is 0 Å². The Morgan fingerprint density at radius 3 is 2.28 bits per heavy atom. The molecule has 1 atom stereocenters. The Balaban J connectivity index is 2.41. The number of benzene rings is 1. The van der Waals surface area contributed by atoms with Crippen molar-refractivity contribution in [1.29, 1.82) is 0 Å². The third-order valence-electron chi connectivity index (χ3n) is 2.80. The van der Waals surface area contributed by atoms with Crippen molar-refractivity contribution >= 4 is 0 Å². The molecule has 1 rings (SSSR count). The second kappa shape index (κ2) is 6.79. The van der Waals surface area contributed by atoms with Gasteiger partial charge in [-0.3, -0.25) is 0 Å². The molecule has 0 amide bonds. The van der Waals surface area contributed by atoms with Crippen LogP contribution in [0.2, 0.25) is 0 Å². The minimum atomic E-state index is 0.201. The smallest absolute Gasteiger partial charge is 0.119 e. The van der Waals surface area contributed by atoms with Crippen LogP contribution in [0.15, 0.2) is 24.3 Å². The first-order valence-electron chi connectivity index (χ1n) is 6.87. The quantitative estimate of drug-likeness (QED) is 0.831. The average Bonchev–Trinajstić information content (AvgIpc) is 2.29. The van der Waals surface area contributed by atoms with Crippen molar-refractivity contribution < 1.29 is 4.74 Å². The molecule has 1 aromatic rings. The van der Waals surface area contributed by atoms with E-state index in [1.165, 1.54) is 5.56 Å². The van der Waals surface area contributed by atoms with Crippen LogP contribution in [0.5, 0.6) is 5.75 Å². The Bertz CT molecular complexity index is 337. The second-order valence-electron chi connectivity index (χ2n) is 6.02. The van der Waals surface area contributed by atoms with Crippen molar-refractivity contribution in [2.75, 3.05) is 13.2 Å². The standard InChI is InChI=1S/C16H27NO/c1-6-18-15-9-7-14(8-10-15)11-13(2)12-17-16(3,4)5/h7-10,13,17H,6,11-12H2,1-5H3. The fraction of sp³-hybridized carbons (Fsp3) is 0.625. The molecular weight excluding hydrogens is 222 g/mol. The summed E-state index contributed by atoms with van der Waals surface area (Å²) in [5, 5.41) is 3.55. The van der Waals surface area contributed by atoms with Crippen LogP contribution in [0.3, 0.4) is 0 Å². The summed E-state index contributed by atoms with van der Waals surface area (Å²) in [5.74, 6) is 1.60. The van der Waals surface area contributed by atoms with E-state index in [-0.39, 0.29) is 5.54 Å². The van der Waals surface area contributed by atoms with Crippen LogP contribution in [-0.2, 0) is 6.42 Å². The number of hydrogen-bond acceptors (Lipinski definition) is 2. The molecule has 0 aliphatic rings. The maximum absolute atomic E-state index is 5.45. The van der Waals surface area contributed by atoms with E-state index in [1.807, 2.05) is 6.92 Å². The minimum Gasteiger partial charge on any atom is -0.494 e. The van der Waals surface area contributed by atoms with E-state index in [1.54, 1.807) is 0 Å². The molecule has 102 valence electrons. The lowest BCUT2D eigenvalue weighted by atomic mass is 9.99. The van der Waals surface area contributed by atoms with E-state index in [9.17, 15) is 0 Å². The van der Waals surface area contributed by atoms with Gasteiger partial charge in [-0.1, -0.05) is 19.1 Å². The molecule has 2 nitrogen and oxygen atoms in total. The average molecular weight is 249 g/mol. The zero-order chi connectivity index (χ0) is 13.6. The molecule has 0 fully saturated rings. The largest absolute Gasteiger partial charge is 0.494 e. The minimum absolute atomic E-state index is 0.201. The number of hydrogen-bond donors (Lipinski definition) is 1. The van der Waals surface area contributed by atoms with Gasteiger partial charge in [-0.2, -0.15) is 0 Å². The van der Waals surface area contributed by atoms with Crippen LogP contribution in [0.4, 0.5) is 0 Å². The van der Waals surface area contributed by atoms with Crippen LogP contribution >= 0.6 is 0 Å². The summed E-state index contributed by atoms with van der Waals surface area (Å²) >= 11 is 0. The fourth-order valence-corrected chi connectivity index (χ4v) is 1.84. The first-order chi connectivity index (χ1) is 8.40. The topological polar surface area (TPSA) is 21.3 Å². The lowest BCUT2D eigenvalue weighted by molar-refractivity contribution is 0.340. The van der Waals surface area contributed by atoms with Gasteiger partial charge < -0.3 is 10.1 Å². The predicted octanol–water partition coefficient (Wildman–Crippen LogP) is 3.65. The zero-order valence-electron chi connectivity index (χ0n) is 12.4. The van der Waals surface area contributed by atoms with Gasteiger partial charge in [0, 0.05) is 5.54 Å². The molecule has 0 aromatic heterocycles. The van der Waals surface area contributed by atoms with Gasteiger partial charge in [-0.25, -0.2) is 0 Å². The van der Waals surface area contributed by atoms with Gasteiger partial charge in [-0.15, -0.1) is 0 Å². The lowest BCUT2D eigenvalue weighted by Gasteiger charge is -2.23. The maximum Gasteiger partial charge on any atom is 0.119 e. The predicted molar refractivity (Wildman–Crippen MR) is 78.2 cm³/mol. The molecule has 1 N–H and O–H groups in total. The van der Waals surface area contributed by atoms with Gasteiger partial charge in [0.2, 0.25) is 0 Å². The highest BCUT2D eigenvalue weighted by Crippen LogP contribution is 2.15. The van der Waals surface area contributed by atoms with Crippen molar-refractivity contribution in [2.45, 2.75) is 46.6 Å². The molecule has 0 bridgehead atoms. The van der Waals surface area contributed by atoms with Crippen LogP contribution in [-0.4, -0.2) is 18.7 Å². The molecular formula is C16H27NO. The SMILES string of the molecule is CCOc1ccc(CC(C)CNC(C)(C)C)cc1. The third-order valence-corrected chi connectivity index (χ3v) is 2.80. The van der Waals surface area contributed by atoms with Crippen molar-refractivity contribution in [3.63, 3.8) is 0 Å². The summed E-state index contributed by atoms with van der Waals surface area (Å²) in [5.41, 5.74) is 1.58. The van der Waals surface area contributed by atoms with Crippen LogP contribution < -0.4 is 10.1 Å². The van der Waals surface area contributed by atoms with Crippen molar-refractivity contribution in [3.05, 3.63) is 29.8 Å². The maximum atomic E-state index is 5.45. The molecule has 0 saturated heterocycles. The van der Waals surface area contributed by atoms with E-state index in [2.05, 4.69) is 57.3 Å². The van der Waals surface area contributed by atoms with E-state index in [0.717, 1.165) is 25.3 Å². The van der Waals surface area contributed by atoms with Crippen molar-refractivity contribution in [1.82, 2.24) is 5.32 Å². The molecule has 0 aliphatic carbocycles. The molecule has 0 radical (unpaired) electrons. The first-order valence-corrected chi connectivity index (χ1v) is 6.87. The van der Waals surface area contributed by atoms with Gasteiger partial charge in [0.05, 0.1) is 6.61 Å². The summed E-state index contributed by atoms with van der Waals surface area (Å²) in [7, 11) is 0. The molecule has 1 aromatic carbocycles. The molecule has 0 spiro atoms. The lowest BCUT2D eigenvalue weighted by Crippen LogP contribution is -2.38. The Hall–Kier alpha value is -1.02. The summed E-state index contributed by atoms with van der Waals surface area (Å²) in [6.45, 7) is 12.7. The molecule has 0 aliphatic heterocycles. The molecule has 0 saturated carbocycles. The Morgan fingerprint density at radius 1 is 1.17 bits per heavy atom. The van der Waals surface area contributed by atoms with Crippen molar-refractivity contribution in [3.8, 4) is 5.75 Å². The Kier molecular flexibility index (Phi) is 5.67. The molecule has 1 unspecified atom stereocenters. The third kappa shape index (κ3) is 6.06. The van der Waals surface area contributed by atoms with Gasteiger partial charge in [0.1, 0.15) is 5.75 Å². The molecule has 2 heteroatoms. The Morgan fingerprint density at radius 2 is 1.78 bits per heavy atom. The molecule has 0 heterocycles. The van der Waals surface area contributed by atoms with E-state index < -0.39 is 0 Å². The van der Waals surface area contributed by atoms with E-state index in [0.29, 0.717) is 5.92 Å².